The number of hydrogen-bond donors (Lipinski definition) is 0. The summed E-state index contributed by atoms with van der Waals surface area (Å²) in [6.45, 7) is 13.5. The molecular formula is C30H39FN4O2. The van der Waals surface area contributed by atoms with E-state index in [4.69, 9.17) is 9.84 Å². The van der Waals surface area contributed by atoms with Crippen LogP contribution in [0.25, 0.3) is 5.69 Å². The fourth-order valence-corrected chi connectivity index (χ4v) is 4.95. The first-order chi connectivity index (χ1) is 17.5. The van der Waals surface area contributed by atoms with E-state index in [1.54, 1.807) is 19.2 Å². The number of halogens is 1. The van der Waals surface area contributed by atoms with E-state index in [9.17, 15) is 9.18 Å². The Morgan fingerprint density at radius 3 is 2.51 bits per heavy atom. The molecule has 6 nitrogen and oxygen atoms in total. The maximum atomic E-state index is 13.8. The Hall–Kier alpha value is -3.19. The minimum absolute atomic E-state index is 0.126. The molecule has 0 atom stereocenters. The largest absolute Gasteiger partial charge is 0.497 e. The second kappa shape index (κ2) is 11.1. The maximum Gasteiger partial charge on any atom is 0.228 e. The van der Waals surface area contributed by atoms with E-state index in [-0.39, 0.29) is 11.7 Å². The fraction of sp³-hybridized carbons (Fsp3) is 0.467. The standard InChI is InChI=1S/C30H39FN4O2/c1-21(2)17-34(29(36)30(3,4)5)20-27-26-19-33(18-22-8-7-9-23(31)16-22)15-14-28(26)35(32-27)24-10-12-25(37-6)13-11-24/h7-13,16,21H,14-15,17-20H2,1-6H3. The van der Waals surface area contributed by atoms with Crippen LogP contribution in [-0.4, -0.2) is 45.7 Å². The van der Waals surface area contributed by atoms with Gasteiger partial charge in [-0.1, -0.05) is 46.8 Å². The maximum absolute atomic E-state index is 13.8. The highest BCUT2D eigenvalue weighted by molar-refractivity contribution is 5.81. The lowest BCUT2D eigenvalue weighted by Crippen LogP contribution is -2.41. The zero-order valence-corrected chi connectivity index (χ0v) is 22.9. The Bertz CT molecular complexity index is 1230. The molecule has 0 bridgehead atoms. The molecule has 1 aliphatic heterocycles. The van der Waals surface area contributed by atoms with Gasteiger partial charge >= 0.3 is 0 Å². The third-order valence-corrected chi connectivity index (χ3v) is 6.69. The lowest BCUT2D eigenvalue weighted by atomic mass is 9.94. The van der Waals surface area contributed by atoms with Gasteiger partial charge in [-0.15, -0.1) is 0 Å². The Morgan fingerprint density at radius 1 is 1.16 bits per heavy atom. The summed E-state index contributed by atoms with van der Waals surface area (Å²) in [6, 6.07) is 14.7. The predicted octanol–water partition coefficient (Wildman–Crippen LogP) is 5.61. The second-order valence-electron chi connectivity index (χ2n) is 11.4. The van der Waals surface area contributed by atoms with Crippen molar-refractivity contribution in [1.29, 1.82) is 0 Å². The molecule has 1 amide bonds. The van der Waals surface area contributed by atoms with Crippen LogP contribution in [0.2, 0.25) is 0 Å². The van der Waals surface area contributed by atoms with Gasteiger partial charge in [0.1, 0.15) is 11.6 Å². The average Bonchev–Trinajstić information content (AvgIpc) is 3.20. The zero-order valence-electron chi connectivity index (χ0n) is 22.9. The molecule has 0 spiro atoms. The Balaban J connectivity index is 1.70. The van der Waals surface area contributed by atoms with E-state index in [1.807, 2.05) is 60.7 Å². The number of aromatic nitrogens is 2. The molecule has 198 valence electrons. The first kappa shape index (κ1) is 26.9. The van der Waals surface area contributed by atoms with Crippen molar-refractivity contribution in [2.45, 2.75) is 60.7 Å². The zero-order chi connectivity index (χ0) is 26.7. The number of fused-ring (bicyclic) bond motifs is 1. The summed E-state index contributed by atoms with van der Waals surface area (Å²) in [5.74, 6) is 1.05. The summed E-state index contributed by atoms with van der Waals surface area (Å²) < 4.78 is 21.2. The van der Waals surface area contributed by atoms with Crippen molar-refractivity contribution < 1.29 is 13.9 Å². The molecule has 0 radical (unpaired) electrons. The summed E-state index contributed by atoms with van der Waals surface area (Å²) in [6.07, 6.45) is 0.821. The van der Waals surface area contributed by atoms with E-state index in [0.29, 0.717) is 32.1 Å². The first-order valence-electron chi connectivity index (χ1n) is 13.1. The summed E-state index contributed by atoms with van der Waals surface area (Å²) in [7, 11) is 1.66. The molecule has 0 saturated heterocycles. The van der Waals surface area contributed by atoms with Gasteiger partial charge in [0.25, 0.3) is 0 Å². The Labute approximate surface area is 220 Å². The van der Waals surface area contributed by atoms with Crippen LogP contribution >= 0.6 is 0 Å². The van der Waals surface area contributed by atoms with Gasteiger partial charge in [0.2, 0.25) is 5.91 Å². The van der Waals surface area contributed by atoms with E-state index in [2.05, 4.69) is 18.7 Å². The Kier molecular flexibility index (Phi) is 8.02. The SMILES string of the molecule is COc1ccc(-n2nc(CN(CC(C)C)C(=O)C(C)(C)C)c3c2CCN(Cc2cccc(F)c2)C3)cc1. The number of ether oxygens (including phenoxy) is 1. The van der Waals surface area contributed by atoms with E-state index >= 15 is 0 Å². The molecule has 0 saturated carbocycles. The van der Waals surface area contributed by atoms with Crippen molar-refractivity contribution in [3.8, 4) is 11.4 Å². The summed E-state index contributed by atoms with van der Waals surface area (Å²) in [4.78, 5) is 17.7. The number of methoxy groups -OCH3 is 1. The fourth-order valence-electron chi connectivity index (χ4n) is 4.95. The van der Waals surface area contributed by atoms with Crippen molar-refractivity contribution in [1.82, 2.24) is 19.6 Å². The van der Waals surface area contributed by atoms with Gasteiger partial charge in [0.15, 0.2) is 0 Å². The van der Waals surface area contributed by atoms with Crippen molar-refractivity contribution in [3.63, 3.8) is 0 Å². The predicted molar refractivity (Wildman–Crippen MR) is 144 cm³/mol. The number of carbonyl (C=O) groups is 1. The highest BCUT2D eigenvalue weighted by atomic mass is 19.1. The number of rotatable bonds is 8. The quantitative estimate of drug-likeness (QED) is 0.399. The Morgan fingerprint density at radius 2 is 1.89 bits per heavy atom. The van der Waals surface area contributed by atoms with Gasteiger partial charge in [0, 0.05) is 43.6 Å². The van der Waals surface area contributed by atoms with Crippen molar-refractivity contribution in [3.05, 3.63) is 76.9 Å². The average molecular weight is 507 g/mol. The molecule has 0 aliphatic carbocycles. The van der Waals surface area contributed by atoms with Crippen LogP contribution in [0.5, 0.6) is 5.75 Å². The van der Waals surface area contributed by atoms with Gasteiger partial charge in [-0.05, 0) is 47.9 Å². The van der Waals surface area contributed by atoms with Crippen LogP contribution in [0.15, 0.2) is 48.5 Å². The van der Waals surface area contributed by atoms with Gasteiger partial charge in [-0.25, -0.2) is 9.07 Å². The van der Waals surface area contributed by atoms with Gasteiger partial charge < -0.3 is 9.64 Å². The molecular weight excluding hydrogens is 467 g/mol. The minimum atomic E-state index is -0.475. The molecule has 4 rings (SSSR count). The van der Waals surface area contributed by atoms with Crippen molar-refractivity contribution >= 4 is 5.91 Å². The van der Waals surface area contributed by atoms with Crippen molar-refractivity contribution in [2.75, 3.05) is 20.2 Å². The summed E-state index contributed by atoms with van der Waals surface area (Å²) in [5, 5.41) is 5.08. The number of benzene rings is 2. The summed E-state index contributed by atoms with van der Waals surface area (Å²) >= 11 is 0. The number of carbonyl (C=O) groups excluding carboxylic acids is 1. The molecule has 37 heavy (non-hydrogen) atoms. The molecule has 0 fully saturated rings. The summed E-state index contributed by atoms with van der Waals surface area (Å²) in [5.41, 5.74) is 4.71. The van der Waals surface area contributed by atoms with Crippen LogP contribution in [0.1, 0.15) is 57.1 Å². The van der Waals surface area contributed by atoms with Crippen LogP contribution in [0.3, 0.4) is 0 Å². The van der Waals surface area contributed by atoms with Crippen LogP contribution in [0, 0.1) is 17.2 Å². The number of nitrogens with zero attached hydrogens (tertiary/aromatic N) is 4. The first-order valence-corrected chi connectivity index (χ1v) is 13.1. The van der Waals surface area contributed by atoms with E-state index in [0.717, 1.165) is 41.2 Å². The smallest absolute Gasteiger partial charge is 0.228 e. The minimum Gasteiger partial charge on any atom is -0.497 e. The third-order valence-electron chi connectivity index (χ3n) is 6.69. The van der Waals surface area contributed by atoms with Crippen LogP contribution in [-0.2, 0) is 30.8 Å². The molecule has 0 N–H and O–H groups in total. The normalized spacial score (nSPS) is 14.1. The highest BCUT2D eigenvalue weighted by Crippen LogP contribution is 2.29. The third kappa shape index (κ3) is 6.39. The monoisotopic (exact) mass is 506 g/mol. The second-order valence-corrected chi connectivity index (χ2v) is 11.4. The molecule has 1 aromatic heterocycles. The van der Waals surface area contributed by atoms with Gasteiger partial charge in [-0.2, -0.15) is 5.10 Å². The molecule has 3 aromatic rings. The molecule has 2 aromatic carbocycles. The lowest BCUT2D eigenvalue weighted by Gasteiger charge is -2.31. The molecule has 1 aliphatic rings. The van der Waals surface area contributed by atoms with Crippen LogP contribution < -0.4 is 4.74 Å². The molecule has 7 heteroatoms. The number of amides is 1. The molecule has 0 unspecified atom stereocenters. The number of hydrogen-bond acceptors (Lipinski definition) is 4. The topological polar surface area (TPSA) is 50.6 Å². The molecule has 2 heterocycles. The highest BCUT2D eigenvalue weighted by Gasteiger charge is 2.31. The van der Waals surface area contributed by atoms with Crippen molar-refractivity contribution in [2.24, 2.45) is 11.3 Å². The van der Waals surface area contributed by atoms with Crippen LogP contribution in [0.4, 0.5) is 4.39 Å². The van der Waals surface area contributed by atoms with E-state index < -0.39 is 5.41 Å². The lowest BCUT2D eigenvalue weighted by molar-refractivity contribution is -0.140. The van der Waals surface area contributed by atoms with Gasteiger partial charge in [-0.3, -0.25) is 9.69 Å². The van der Waals surface area contributed by atoms with Gasteiger partial charge in [0.05, 0.1) is 30.7 Å². The van der Waals surface area contributed by atoms with E-state index in [1.165, 1.54) is 11.8 Å².